The van der Waals surface area contributed by atoms with E-state index in [4.69, 9.17) is 4.74 Å². The number of hydrogen-bond acceptors (Lipinski definition) is 9. The normalized spacial score (nSPS) is 14.2. The first kappa shape index (κ1) is 40.8. The summed E-state index contributed by atoms with van der Waals surface area (Å²) in [5.41, 5.74) is 3.88. The molecule has 2 atom stereocenters. The van der Waals surface area contributed by atoms with Gasteiger partial charge in [-0.05, 0) is 19.8 Å². The molecular formula is C35H52N7O4PbS2. The van der Waals surface area contributed by atoms with Gasteiger partial charge in [-0.2, -0.15) is 0 Å². The number of hydrogen-bond donors (Lipinski definition) is 3. The summed E-state index contributed by atoms with van der Waals surface area (Å²) in [6.07, 6.45) is 6.84. The van der Waals surface area contributed by atoms with Gasteiger partial charge in [0.25, 0.3) is 0 Å². The van der Waals surface area contributed by atoms with Crippen LogP contribution in [0, 0.1) is 6.92 Å². The maximum Gasteiger partial charge on any atom is 0.0160 e. The Morgan fingerprint density at radius 1 is 1.06 bits per heavy atom. The van der Waals surface area contributed by atoms with Crippen LogP contribution in [0.3, 0.4) is 0 Å². The Morgan fingerprint density at radius 3 is 2.43 bits per heavy atom. The molecule has 11 nitrogen and oxygen atoms in total. The van der Waals surface area contributed by atoms with Crippen molar-refractivity contribution in [3.05, 3.63) is 68.6 Å². The van der Waals surface area contributed by atoms with Crippen molar-refractivity contribution in [3.63, 3.8) is 0 Å². The van der Waals surface area contributed by atoms with E-state index in [2.05, 4.69) is 63.7 Å². The molecule has 0 bridgehead atoms. The second-order valence-corrected chi connectivity index (χ2v) is 16.0. The number of urea groups is 1. The maximum atomic E-state index is 13.2. The van der Waals surface area contributed by atoms with Crippen LogP contribution in [0.1, 0.15) is 79.4 Å². The van der Waals surface area contributed by atoms with E-state index in [1.54, 1.807) is 35.0 Å². The third-order valence-corrected chi connectivity index (χ3v) is 11.8. The van der Waals surface area contributed by atoms with Crippen molar-refractivity contribution in [1.82, 2.24) is 35.7 Å². The molecule has 49 heavy (non-hydrogen) atoms. The van der Waals surface area contributed by atoms with E-state index < -0.39 is 12.1 Å². The van der Waals surface area contributed by atoms with Crippen LogP contribution in [0.2, 0.25) is 3.98 Å². The number of ether oxygens (including phenoxy) is 1. The second-order valence-electron chi connectivity index (χ2n) is 12.6. The summed E-state index contributed by atoms with van der Waals surface area (Å²) in [6, 6.07) is 9.35. The number of carbonyl (C=O) groups is 3. The number of piperidine rings is 1. The van der Waals surface area contributed by atoms with Crippen LogP contribution in [-0.2, 0) is 22.7 Å². The van der Waals surface area contributed by atoms with Gasteiger partial charge in [0.2, 0.25) is 0 Å². The SMILES string of the molecule is CC(C)c1nc(CN(C)C(=O)N[C@@H](CCN2CCCCC2)C(=O)NCCC[C@H]([CH2][Pb])NC(=O)OCc2cncs2)cs1.Cc1ccccc1. The number of rotatable bonds is 16. The van der Waals surface area contributed by atoms with Crippen molar-refractivity contribution < 1.29 is 19.1 Å². The molecule has 0 saturated carbocycles. The molecule has 0 unspecified atom stereocenters. The van der Waals surface area contributed by atoms with Crippen molar-refractivity contribution in [2.75, 3.05) is 33.2 Å². The van der Waals surface area contributed by atoms with Gasteiger partial charge in [-0.3, -0.25) is 0 Å². The maximum absolute atomic E-state index is 13.2. The number of nitrogens with one attached hydrogen (secondary N) is 3. The Labute approximate surface area is 315 Å². The Kier molecular flexibility index (Phi) is 19.1. The van der Waals surface area contributed by atoms with Crippen LogP contribution in [0.5, 0.6) is 0 Å². The van der Waals surface area contributed by atoms with Crippen molar-refractivity contribution in [2.24, 2.45) is 0 Å². The number of thiazole rings is 2. The smallest absolute Gasteiger partial charge is 0.0160 e. The third kappa shape index (κ3) is 16.3. The number of alkyl carbamates (subject to hydrolysis) is 1. The Hall–Kier alpha value is -2.63. The van der Waals surface area contributed by atoms with Crippen LogP contribution in [-0.4, -0.2) is 109 Å². The Morgan fingerprint density at radius 2 is 1.82 bits per heavy atom. The van der Waals surface area contributed by atoms with Gasteiger partial charge < -0.3 is 0 Å². The van der Waals surface area contributed by atoms with Gasteiger partial charge >= 0.3 is 203 Å². The second kappa shape index (κ2) is 23.0. The van der Waals surface area contributed by atoms with Crippen LogP contribution >= 0.6 is 22.7 Å². The molecule has 1 aromatic carbocycles. The molecule has 3 heterocycles. The first-order valence-electron chi connectivity index (χ1n) is 17.1. The zero-order valence-electron chi connectivity index (χ0n) is 29.3. The molecule has 14 heteroatoms. The fourth-order valence-corrected chi connectivity index (χ4v) is 7.62. The Balaban J connectivity index is 0.000000823. The molecule has 1 aliphatic rings. The summed E-state index contributed by atoms with van der Waals surface area (Å²) >= 11 is 3.99. The number of nitrogens with zero attached hydrogens (tertiary/aromatic N) is 4. The van der Waals surface area contributed by atoms with Crippen molar-refractivity contribution in [3.8, 4) is 0 Å². The quantitative estimate of drug-likeness (QED) is 0.121. The van der Waals surface area contributed by atoms with Gasteiger partial charge in [0.1, 0.15) is 0 Å². The molecule has 4 amide bonds. The summed E-state index contributed by atoms with van der Waals surface area (Å²) in [4.78, 5) is 52.0. The minimum Gasteiger partial charge on any atom is -0.127 e. The van der Waals surface area contributed by atoms with Gasteiger partial charge in [-0.25, -0.2) is 4.98 Å². The number of aryl methyl sites for hydroxylation is 1. The van der Waals surface area contributed by atoms with E-state index in [9.17, 15) is 14.4 Å². The minimum atomic E-state index is -0.627. The molecule has 3 N–H and O–H groups in total. The monoisotopic (exact) mass is 906 g/mol. The molecule has 0 spiro atoms. The number of carbonyl (C=O) groups excluding carboxylic acids is 3. The topological polar surface area (TPSA) is 129 Å². The number of amides is 4. The van der Waals surface area contributed by atoms with Crippen LogP contribution < -0.4 is 16.0 Å². The van der Waals surface area contributed by atoms with Crippen LogP contribution in [0.4, 0.5) is 9.59 Å². The van der Waals surface area contributed by atoms with Gasteiger partial charge in [0.15, 0.2) is 0 Å². The van der Waals surface area contributed by atoms with E-state index in [-0.39, 0.29) is 24.6 Å². The largest absolute Gasteiger partial charge is 0.127 e. The third-order valence-electron chi connectivity index (χ3n) is 7.97. The zero-order chi connectivity index (χ0) is 35.4. The fourth-order valence-electron chi connectivity index (χ4n) is 5.10. The van der Waals surface area contributed by atoms with Gasteiger partial charge in [0.05, 0.1) is 10.7 Å². The molecule has 4 rings (SSSR count). The van der Waals surface area contributed by atoms with E-state index in [0.717, 1.165) is 71.4 Å². The predicted octanol–water partition coefficient (Wildman–Crippen LogP) is 5.88. The molecule has 1 saturated heterocycles. The van der Waals surface area contributed by atoms with E-state index >= 15 is 0 Å². The molecule has 1 fully saturated rings. The van der Waals surface area contributed by atoms with Crippen molar-refractivity contribution in [2.45, 2.75) is 94.4 Å². The standard InChI is InChI=1S/C28H44N7O4S2.C7H8.Pb/c1-20(2)26-32-22(18-40-26)16-34(4)27(37)33-24(10-14-35-12-6-5-7-13-35)25(36)30-11-8-9-21(3)31-28(38)39-17-23-15-29-19-41-23;1-7-5-3-2-4-6-7;/h15,18-21,24H,3,5-14,16-17H2,1-2,4H3,(H,30,36)(H,31,38)(H,33,37);2-6H,1H3;/t21-,24-;;/m0../s1. The molecule has 267 valence electrons. The van der Waals surface area contributed by atoms with Gasteiger partial charge in [0, 0.05) is 11.3 Å². The van der Waals surface area contributed by atoms with Gasteiger partial charge in [-0.1, -0.05) is 56.2 Å². The van der Waals surface area contributed by atoms with Crippen molar-refractivity contribution >= 4 is 66.5 Å². The van der Waals surface area contributed by atoms with E-state index in [1.165, 1.54) is 36.2 Å². The van der Waals surface area contributed by atoms with E-state index in [0.29, 0.717) is 31.8 Å². The summed E-state index contributed by atoms with van der Waals surface area (Å²) < 4.78 is 6.18. The zero-order valence-corrected chi connectivity index (χ0v) is 34.8. The molecule has 0 aliphatic carbocycles. The van der Waals surface area contributed by atoms with Crippen molar-refractivity contribution in [1.29, 1.82) is 0 Å². The summed E-state index contributed by atoms with van der Waals surface area (Å²) in [5.74, 6) is 0.170. The van der Waals surface area contributed by atoms with Crippen LogP contribution in [0.25, 0.3) is 0 Å². The Bertz CT molecular complexity index is 1370. The predicted molar refractivity (Wildman–Crippen MR) is 198 cm³/mol. The fraction of sp³-hybridized carbons (Fsp3) is 0.571. The molecule has 1 aliphatic heterocycles. The number of benzene rings is 1. The minimum absolute atomic E-state index is 0.00714. The number of aromatic nitrogens is 2. The molecular weight excluding hydrogens is 854 g/mol. The van der Waals surface area contributed by atoms with E-state index in [1.807, 2.05) is 23.6 Å². The average Bonchev–Trinajstić information content (AvgIpc) is 3.81. The first-order chi connectivity index (χ1) is 23.6. The van der Waals surface area contributed by atoms with Gasteiger partial charge in [-0.15, -0.1) is 11.3 Å². The number of likely N-dealkylation sites (tertiary alicyclic amines) is 1. The summed E-state index contributed by atoms with van der Waals surface area (Å²) in [7, 11) is 1.73. The first-order valence-corrected chi connectivity index (χ1v) is 21.6. The summed E-state index contributed by atoms with van der Waals surface area (Å²) in [5, 5.41) is 12.0. The molecule has 3 aromatic rings. The van der Waals surface area contributed by atoms with Crippen LogP contribution in [0.15, 0.2) is 47.4 Å². The molecule has 2 aromatic heterocycles. The molecule has 3 radical (unpaired) electrons. The average molecular weight is 906 g/mol. The summed E-state index contributed by atoms with van der Waals surface area (Å²) in [6.45, 7) is 10.2.